The van der Waals surface area contributed by atoms with Gasteiger partial charge in [-0.1, -0.05) is 30.3 Å². The summed E-state index contributed by atoms with van der Waals surface area (Å²) in [7, 11) is 0. The monoisotopic (exact) mass is 346 g/mol. The predicted octanol–water partition coefficient (Wildman–Crippen LogP) is 4.69. The molecule has 0 fully saturated rings. The molecule has 2 aromatic carbocycles. The molecule has 3 aromatic rings. The number of aromatic nitrogens is 1. The summed E-state index contributed by atoms with van der Waals surface area (Å²) >= 11 is 0. The van der Waals surface area contributed by atoms with Crippen molar-refractivity contribution >= 4 is 22.5 Å². The second-order valence-electron chi connectivity index (χ2n) is 5.33. The highest BCUT2D eigenvalue weighted by Gasteiger charge is 2.32. The molecule has 1 N–H and O–H groups in total. The summed E-state index contributed by atoms with van der Waals surface area (Å²) in [6, 6.07) is 14.0. The first-order valence-electron chi connectivity index (χ1n) is 7.36. The van der Waals surface area contributed by atoms with Gasteiger partial charge in [-0.2, -0.15) is 0 Å². The minimum Gasteiger partial charge on any atom is -0.404 e. The van der Waals surface area contributed by atoms with E-state index in [1.807, 2.05) is 0 Å². The molecule has 1 aromatic heterocycles. The minimum absolute atomic E-state index is 0.0663. The van der Waals surface area contributed by atoms with Gasteiger partial charge in [-0.3, -0.25) is 9.78 Å². The van der Waals surface area contributed by atoms with E-state index in [0.717, 1.165) is 6.07 Å². The van der Waals surface area contributed by atoms with Gasteiger partial charge < -0.3 is 10.1 Å². The average Bonchev–Trinajstić information content (AvgIpc) is 2.54. The lowest BCUT2D eigenvalue weighted by atomic mass is 10.1. The molecule has 1 amide bonds. The minimum atomic E-state index is -4.85. The third-order valence-corrected chi connectivity index (χ3v) is 3.45. The summed E-state index contributed by atoms with van der Waals surface area (Å²) in [5, 5.41) is 3.09. The third kappa shape index (κ3) is 3.88. The lowest BCUT2D eigenvalue weighted by Crippen LogP contribution is -2.19. The summed E-state index contributed by atoms with van der Waals surface area (Å²) in [5.74, 6) is -1.02. The molecule has 1 heterocycles. The molecule has 0 saturated carbocycles. The molecule has 0 aliphatic heterocycles. The SMILES string of the molecule is Cc1cc(C(=O)Nc2ccccc2OC(F)(F)F)c2ccccc2n1. The molecular formula is C18H13F3N2O2. The second-order valence-corrected chi connectivity index (χ2v) is 5.33. The van der Waals surface area contributed by atoms with Crippen molar-refractivity contribution in [3.63, 3.8) is 0 Å². The van der Waals surface area contributed by atoms with Crippen molar-refractivity contribution in [2.24, 2.45) is 0 Å². The van der Waals surface area contributed by atoms with Crippen LogP contribution < -0.4 is 10.1 Å². The number of alkyl halides is 3. The molecule has 4 nitrogen and oxygen atoms in total. The fourth-order valence-corrected chi connectivity index (χ4v) is 2.47. The number of para-hydroxylation sites is 3. The van der Waals surface area contributed by atoms with Crippen LogP contribution in [0, 0.1) is 6.92 Å². The van der Waals surface area contributed by atoms with Crippen LogP contribution in [0.2, 0.25) is 0 Å². The number of hydrogen-bond donors (Lipinski definition) is 1. The van der Waals surface area contributed by atoms with Crippen LogP contribution in [-0.2, 0) is 0 Å². The zero-order valence-corrected chi connectivity index (χ0v) is 13.1. The molecule has 3 rings (SSSR count). The number of carbonyl (C=O) groups is 1. The number of halogens is 3. The molecule has 0 bridgehead atoms. The Bertz CT molecular complexity index is 939. The number of nitrogens with one attached hydrogen (secondary N) is 1. The summed E-state index contributed by atoms with van der Waals surface area (Å²) in [4.78, 5) is 17.0. The van der Waals surface area contributed by atoms with Crippen molar-refractivity contribution < 1.29 is 22.7 Å². The number of pyridine rings is 1. The maximum atomic E-state index is 12.6. The highest BCUT2D eigenvalue weighted by atomic mass is 19.4. The van der Waals surface area contributed by atoms with Gasteiger partial charge in [0.15, 0.2) is 5.75 Å². The molecule has 128 valence electrons. The predicted molar refractivity (Wildman–Crippen MR) is 87.6 cm³/mol. The van der Waals surface area contributed by atoms with Crippen LogP contribution in [0.4, 0.5) is 18.9 Å². The first-order valence-corrected chi connectivity index (χ1v) is 7.36. The smallest absolute Gasteiger partial charge is 0.404 e. The van der Waals surface area contributed by atoms with Gasteiger partial charge >= 0.3 is 6.36 Å². The molecule has 25 heavy (non-hydrogen) atoms. The molecule has 0 aliphatic carbocycles. The number of fused-ring (bicyclic) bond motifs is 1. The number of aryl methyl sites for hydroxylation is 1. The van der Waals surface area contributed by atoms with E-state index in [4.69, 9.17) is 0 Å². The summed E-state index contributed by atoms with van der Waals surface area (Å²) in [6.07, 6.45) is -4.85. The van der Waals surface area contributed by atoms with E-state index in [-0.39, 0.29) is 5.69 Å². The fraction of sp³-hybridized carbons (Fsp3) is 0.111. The zero-order chi connectivity index (χ0) is 18.0. The Morgan fingerprint density at radius 3 is 2.52 bits per heavy atom. The number of amides is 1. The molecular weight excluding hydrogens is 333 g/mol. The molecule has 0 aliphatic rings. The molecule has 0 saturated heterocycles. The van der Waals surface area contributed by atoms with Gasteiger partial charge in [0.25, 0.3) is 5.91 Å². The standard InChI is InChI=1S/C18H13F3N2O2/c1-11-10-13(12-6-2-3-7-14(12)22-11)17(24)23-15-8-4-5-9-16(15)25-18(19,20)21/h2-10H,1H3,(H,23,24). The molecule has 0 unspecified atom stereocenters. The largest absolute Gasteiger partial charge is 0.573 e. The Hall–Kier alpha value is -3.09. The quantitative estimate of drug-likeness (QED) is 0.748. The fourth-order valence-electron chi connectivity index (χ4n) is 2.47. The molecule has 0 spiro atoms. The third-order valence-electron chi connectivity index (χ3n) is 3.45. The topological polar surface area (TPSA) is 51.2 Å². The normalized spacial score (nSPS) is 11.4. The van der Waals surface area contributed by atoms with E-state index in [1.54, 1.807) is 37.3 Å². The van der Waals surface area contributed by atoms with Crippen molar-refractivity contribution in [2.75, 3.05) is 5.32 Å². The molecule has 7 heteroatoms. The van der Waals surface area contributed by atoms with Crippen LogP contribution in [0.3, 0.4) is 0 Å². The van der Waals surface area contributed by atoms with Crippen LogP contribution in [0.5, 0.6) is 5.75 Å². The Morgan fingerprint density at radius 1 is 1.08 bits per heavy atom. The van der Waals surface area contributed by atoms with E-state index in [9.17, 15) is 18.0 Å². The average molecular weight is 346 g/mol. The maximum absolute atomic E-state index is 12.6. The van der Waals surface area contributed by atoms with Gasteiger partial charge in [-0.05, 0) is 31.2 Å². The van der Waals surface area contributed by atoms with Crippen molar-refractivity contribution in [3.8, 4) is 5.75 Å². The Kier molecular flexibility index (Phi) is 4.31. The van der Waals surface area contributed by atoms with Gasteiger partial charge in [0.1, 0.15) is 0 Å². The number of benzene rings is 2. The second kappa shape index (κ2) is 6.43. The van der Waals surface area contributed by atoms with E-state index in [1.165, 1.54) is 18.2 Å². The van der Waals surface area contributed by atoms with Crippen LogP contribution in [0.1, 0.15) is 16.1 Å². The number of ether oxygens (including phenoxy) is 1. The van der Waals surface area contributed by atoms with E-state index >= 15 is 0 Å². The van der Waals surface area contributed by atoms with Crippen LogP contribution in [0.25, 0.3) is 10.9 Å². The van der Waals surface area contributed by atoms with E-state index < -0.39 is 18.0 Å². The molecule has 0 atom stereocenters. The van der Waals surface area contributed by atoms with Gasteiger partial charge in [0, 0.05) is 11.1 Å². The van der Waals surface area contributed by atoms with E-state index in [2.05, 4.69) is 15.0 Å². The first-order chi connectivity index (χ1) is 11.8. The lowest BCUT2D eigenvalue weighted by molar-refractivity contribution is -0.274. The van der Waals surface area contributed by atoms with Gasteiger partial charge in [-0.25, -0.2) is 0 Å². The number of rotatable bonds is 3. The van der Waals surface area contributed by atoms with Crippen LogP contribution in [-0.4, -0.2) is 17.3 Å². The summed E-state index contributed by atoms with van der Waals surface area (Å²) < 4.78 is 41.5. The van der Waals surface area contributed by atoms with E-state index in [0.29, 0.717) is 22.2 Å². The Morgan fingerprint density at radius 2 is 1.76 bits per heavy atom. The number of anilines is 1. The number of nitrogens with zero attached hydrogens (tertiary/aromatic N) is 1. The lowest BCUT2D eigenvalue weighted by Gasteiger charge is -2.14. The van der Waals surface area contributed by atoms with Gasteiger partial charge in [-0.15, -0.1) is 13.2 Å². The van der Waals surface area contributed by atoms with Gasteiger partial charge in [0.05, 0.1) is 16.8 Å². The summed E-state index contributed by atoms with van der Waals surface area (Å²) in [6.45, 7) is 1.74. The number of carbonyl (C=O) groups excluding carboxylic acids is 1. The number of hydrogen-bond acceptors (Lipinski definition) is 3. The van der Waals surface area contributed by atoms with Crippen molar-refractivity contribution in [2.45, 2.75) is 13.3 Å². The highest BCUT2D eigenvalue weighted by molar-refractivity contribution is 6.12. The Labute approximate surface area is 141 Å². The Balaban J connectivity index is 1.97. The van der Waals surface area contributed by atoms with Crippen LogP contribution >= 0.6 is 0 Å². The highest BCUT2D eigenvalue weighted by Crippen LogP contribution is 2.30. The van der Waals surface area contributed by atoms with Crippen molar-refractivity contribution in [1.29, 1.82) is 0 Å². The van der Waals surface area contributed by atoms with Crippen molar-refractivity contribution in [1.82, 2.24) is 4.98 Å². The van der Waals surface area contributed by atoms with Crippen molar-refractivity contribution in [3.05, 3.63) is 65.9 Å². The first kappa shape index (κ1) is 16.8. The maximum Gasteiger partial charge on any atom is 0.573 e. The summed E-state index contributed by atoms with van der Waals surface area (Å²) in [5.41, 5.74) is 1.52. The molecule has 0 radical (unpaired) electrons. The van der Waals surface area contributed by atoms with Gasteiger partial charge in [0.2, 0.25) is 0 Å². The zero-order valence-electron chi connectivity index (χ0n) is 13.1. The van der Waals surface area contributed by atoms with Crippen LogP contribution in [0.15, 0.2) is 54.6 Å².